The minimum absolute atomic E-state index is 0. The van der Waals surface area contributed by atoms with Gasteiger partial charge in [0.2, 0.25) is 0 Å². The Balaban J connectivity index is 0.00000364. The molecule has 1 atom stereocenters. The minimum atomic E-state index is 0. The molecule has 154 valence electrons. The van der Waals surface area contributed by atoms with Crippen LogP contribution in [0, 0.1) is 0 Å². The Bertz CT molecular complexity index is 567. The van der Waals surface area contributed by atoms with Gasteiger partial charge in [-0.2, -0.15) is 11.8 Å². The van der Waals surface area contributed by atoms with Gasteiger partial charge in [0.15, 0.2) is 5.96 Å². The van der Waals surface area contributed by atoms with Crippen LogP contribution >= 0.6 is 35.7 Å². The Labute approximate surface area is 184 Å². The number of halogens is 1. The molecule has 1 unspecified atom stereocenters. The standard InChI is InChI=1S/C19H32N4O2S.HI/c1-5-20-19(21-7-9-26-4)22-16-6-8-23(14-16)13-15-10-17(24-2)12-18(11-15)25-3;/h10-12,16H,5-9,13-14H2,1-4H3,(H2,20,21,22);1H. The van der Waals surface area contributed by atoms with E-state index < -0.39 is 0 Å². The summed E-state index contributed by atoms with van der Waals surface area (Å²) >= 11 is 1.82. The number of benzene rings is 1. The molecule has 0 radical (unpaired) electrons. The fourth-order valence-electron chi connectivity index (χ4n) is 3.07. The van der Waals surface area contributed by atoms with E-state index in [1.165, 1.54) is 5.56 Å². The molecule has 27 heavy (non-hydrogen) atoms. The number of aliphatic imine (C=N–C) groups is 1. The summed E-state index contributed by atoms with van der Waals surface area (Å²) < 4.78 is 10.7. The van der Waals surface area contributed by atoms with Gasteiger partial charge in [-0.3, -0.25) is 9.89 Å². The van der Waals surface area contributed by atoms with Gasteiger partial charge in [-0.05, 0) is 37.3 Å². The summed E-state index contributed by atoms with van der Waals surface area (Å²) in [5.41, 5.74) is 1.21. The van der Waals surface area contributed by atoms with E-state index in [0.29, 0.717) is 6.04 Å². The molecule has 0 aliphatic carbocycles. The van der Waals surface area contributed by atoms with Crippen LogP contribution < -0.4 is 20.1 Å². The lowest BCUT2D eigenvalue weighted by Gasteiger charge is -2.19. The fourth-order valence-corrected chi connectivity index (χ4v) is 3.35. The molecule has 0 bridgehead atoms. The molecule has 2 rings (SSSR count). The van der Waals surface area contributed by atoms with Gasteiger partial charge in [0.25, 0.3) is 0 Å². The second-order valence-electron chi connectivity index (χ2n) is 6.34. The molecule has 1 fully saturated rings. The Morgan fingerprint density at radius 3 is 2.56 bits per heavy atom. The number of guanidine groups is 1. The summed E-state index contributed by atoms with van der Waals surface area (Å²) in [5, 5.41) is 6.92. The normalized spacial score (nSPS) is 17.3. The first kappa shape index (κ1) is 24.2. The van der Waals surface area contributed by atoms with Crippen molar-refractivity contribution in [1.29, 1.82) is 0 Å². The van der Waals surface area contributed by atoms with Crippen LogP contribution in [0.2, 0.25) is 0 Å². The van der Waals surface area contributed by atoms with Crippen molar-refractivity contribution in [3.63, 3.8) is 0 Å². The maximum absolute atomic E-state index is 5.37. The summed E-state index contributed by atoms with van der Waals surface area (Å²) in [6, 6.07) is 6.50. The van der Waals surface area contributed by atoms with Gasteiger partial charge in [0, 0.05) is 44.0 Å². The summed E-state index contributed by atoms with van der Waals surface area (Å²) in [5.74, 6) is 3.65. The number of nitrogens with one attached hydrogen (secondary N) is 2. The highest BCUT2D eigenvalue weighted by Gasteiger charge is 2.23. The molecule has 0 saturated carbocycles. The Morgan fingerprint density at radius 1 is 1.26 bits per heavy atom. The lowest BCUT2D eigenvalue weighted by Crippen LogP contribution is -2.44. The number of hydrogen-bond acceptors (Lipinski definition) is 5. The highest BCUT2D eigenvalue weighted by atomic mass is 127. The number of hydrogen-bond donors (Lipinski definition) is 2. The third-order valence-electron chi connectivity index (χ3n) is 4.34. The fraction of sp³-hybridized carbons (Fsp3) is 0.632. The largest absolute Gasteiger partial charge is 0.497 e. The predicted molar refractivity (Wildman–Crippen MR) is 126 cm³/mol. The summed E-state index contributed by atoms with van der Waals surface area (Å²) in [6.07, 6.45) is 3.23. The van der Waals surface area contributed by atoms with Crippen molar-refractivity contribution in [2.75, 3.05) is 52.4 Å². The SMILES string of the molecule is CCNC(=NCCSC)NC1CCN(Cc2cc(OC)cc(OC)c2)C1.I. The van der Waals surface area contributed by atoms with E-state index in [9.17, 15) is 0 Å². The summed E-state index contributed by atoms with van der Waals surface area (Å²) in [7, 11) is 3.38. The smallest absolute Gasteiger partial charge is 0.191 e. The molecule has 0 aromatic heterocycles. The number of ether oxygens (including phenoxy) is 2. The van der Waals surface area contributed by atoms with E-state index in [0.717, 1.165) is 62.4 Å². The summed E-state index contributed by atoms with van der Waals surface area (Å²) in [4.78, 5) is 7.10. The maximum Gasteiger partial charge on any atom is 0.191 e. The lowest BCUT2D eigenvalue weighted by atomic mass is 10.2. The number of nitrogens with zero attached hydrogens (tertiary/aromatic N) is 2. The highest BCUT2D eigenvalue weighted by molar-refractivity contribution is 14.0. The molecular formula is C19H33IN4O2S. The third kappa shape index (κ3) is 8.35. The average molecular weight is 508 g/mol. The van der Waals surface area contributed by atoms with Crippen molar-refractivity contribution in [1.82, 2.24) is 15.5 Å². The number of methoxy groups -OCH3 is 2. The van der Waals surface area contributed by atoms with Crippen LogP contribution in [0.5, 0.6) is 11.5 Å². The van der Waals surface area contributed by atoms with Gasteiger partial charge in [-0.1, -0.05) is 0 Å². The van der Waals surface area contributed by atoms with E-state index in [2.05, 4.69) is 45.8 Å². The second kappa shape index (κ2) is 13.3. The van der Waals surface area contributed by atoms with Crippen LogP contribution in [0.25, 0.3) is 0 Å². The van der Waals surface area contributed by atoms with Crippen molar-refractivity contribution in [3.05, 3.63) is 23.8 Å². The molecule has 0 amide bonds. The van der Waals surface area contributed by atoms with E-state index in [-0.39, 0.29) is 24.0 Å². The summed E-state index contributed by atoms with van der Waals surface area (Å²) in [6.45, 7) is 6.80. The predicted octanol–water partition coefficient (Wildman–Crippen LogP) is 2.81. The van der Waals surface area contributed by atoms with E-state index >= 15 is 0 Å². The average Bonchev–Trinajstić information content (AvgIpc) is 3.08. The van der Waals surface area contributed by atoms with Crippen LogP contribution in [0.4, 0.5) is 0 Å². The lowest BCUT2D eigenvalue weighted by molar-refractivity contribution is 0.321. The molecule has 1 aliphatic heterocycles. The van der Waals surface area contributed by atoms with Crippen molar-refractivity contribution in [3.8, 4) is 11.5 Å². The first-order chi connectivity index (χ1) is 12.7. The van der Waals surface area contributed by atoms with Gasteiger partial charge < -0.3 is 20.1 Å². The molecule has 2 N–H and O–H groups in total. The molecule has 1 saturated heterocycles. The molecule has 1 heterocycles. The first-order valence-corrected chi connectivity index (χ1v) is 10.6. The first-order valence-electron chi connectivity index (χ1n) is 9.16. The zero-order chi connectivity index (χ0) is 18.8. The number of rotatable bonds is 9. The highest BCUT2D eigenvalue weighted by Crippen LogP contribution is 2.24. The third-order valence-corrected chi connectivity index (χ3v) is 4.93. The van der Waals surface area contributed by atoms with Crippen LogP contribution in [-0.2, 0) is 6.54 Å². The molecule has 1 aromatic rings. The zero-order valence-electron chi connectivity index (χ0n) is 16.8. The molecule has 1 aromatic carbocycles. The topological polar surface area (TPSA) is 58.1 Å². The van der Waals surface area contributed by atoms with Gasteiger partial charge in [-0.15, -0.1) is 24.0 Å². The van der Waals surface area contributed by atoms with E-state index in [4.69, 9.17) is 9.47 Å². The second-order valence-corrected chi connectivity index (χ2v) is 7.33. The van der Waals surface area contributed by atoms with Crippen LogP contribution in [0.1, 0.15) is 18.9 Å². The Kier molecular flexibility index (Phi) is 11.9. The van der Waals surface area contributed by atoms with E-state index in [1.807, 2.05) is 17.8 Å². The maximum atomic E-state index is 5.37. The zero-order valence-corrected chi connectivity index (χ0v) is 19.9. The van der Waals surface area contributed by atoms with Crippen LogP contribution in [0.15, 0.2) is 23.2 Å². The molecular weight excluding hydrogens is 475 g/mol. The van der Waals surface area contributed by atoms with Crippen molar-refractivity contribution in [2.24, 2.45) is 4.99 Å². The van der Waals surface area contributed by atoms with Gasteiger partial charge in [0.1, 0.15) is 11.5 Å². The van der Waals surface area contributed by atoms with Crippen LogP contribution in [0.3, 0.4) is 0 Å². The van der Waals surface area contributed by atoms with E-state index in [1.54, 1.807) is 14.2 Å². The molecule has 1 aliphatic rings. The Morgan fingerprint density at radius 2 is 1.96 bits per heavy atom. The monoisotopic (exact) mass is 508 g/mol. The molecule has 8 heteroatoms. The number of likely N-dealkylation sites (tertiary alicyclic amines) is 1. The van der Waals surface area contributed by atoms with Crippen LogP contribution in [-0.4, -0.2) is 69.3 Å². The molecule has 0 spiro atoms. The van der Waals surface area contributed by atoms with Crippen molar-refractivity contribution >= 4 is 41.7 Å². The van der Waals surface area contributed by atoms with Crippen molar-refractivity contribution in [2.45, 2.75) is 25.9 Å². The quantitative estimate of drug-likeness (QED) is 0.232. The molecule has 6 nitrogen and oxygen atoms in total. The van der Waals surface area contributed by atoms with Crippen molar-refractivity contribution < 1.29 is 9.47 Å². The van der Waals surface area contributed by atoms with Gasteiger partial charge in [0.05, 0.1) is 20.8 Å². The Hall–Kier alpha value is -0.870. The van der Waals surface area contributed by atoms with Gasteiger partial charge >= 0.3 is 0 Å². The minimum Gasteiger partial charge on any atom is -0.497 e. The van der Waals surface area contributed by atoms with Gasteiger partial charge in [-0.25, -0.2) is 0 Å². The number of thioether (sulfide) groups is 1.